The monoisotopic (exact) mass is 313 g/mol. The van der Waals surface area contributed by atoms with E-state index in [9.17, 15) is 4.79 Å². The molecule has 0 aliphatic heterocycles. The summed E-state index contributed by atoms with van der Waals surface area (Å²) in [5.41, 5.74) is 2.20. The van der Waals surface area contributed by atoms with Crippen LogP contribution in [0.5, 0.6) is 0 Å². The van der Waals surface area contributed by atoms with Crippen molar-refractivity contribution in [2.24, 2.45) is 0 Å². The quantitative estimate of drug-likeness (QED) is 0.528. The van der Waals surface area contributed by atoms with E-state index in [-0.39, 0.29) is 12.4 Å². The largest absolute Gasteiger partial charge is 0.466 e. The van der Waals surface area contributed by atoms with Gasteiger partial charge in [-0.15, -0.1) is 12.6 Å². The van der Waals surface area contributed by atoms with E-state index in [1.165, 1.54) is 0 Å². The molecule has 0 aromatic heterocycles. The Hall–Kier alpha value is -0.990. The van der Waals surface area contributed by atoms with Crippen LogP contribution in [0, 0.1) is 11.3 Å². The van der Waals surface area contributed by atoms with Crippen molar-refractivity contribution in [1.82, 2.24) is 0 Å². The van der Waals surface area contributed by atoms with E-state index >= 15 is 0 Å². The number of carbonyl (C=O) groups excluding carboxylic acids is 1. The second-order valence-electron chi connectivity index (χ2n) is 3.36. The molecule has 5 heteroatoms. The number of carbonyl (C=O) groups is 1. The molecule has 0 N–H and O–H groups in total. The first-order valence-electron chi connectivity index (χ1n) is 5.08. The van der Waals surface area contributed by atoms with E-state index in [0.29, 0.717) is 22.4 Å². The Morgan fingerprint density at radius 1 is 1.59 bits per heavy atom. The lowest BCUT2D eigenvalue weighted by atomic mass is 10.0. The van der Waals surface area contributed by atoms with Gasteiger partial charge in [0.2, 0.25) is 0 Å². The molecule has 0 saturated carbocycles. The zero-order chi connectivity index (χ0) is 12.8. The van der Waals surface area contributed by atoms with Crippen molar-refractivity contribution in [1.29, 1.82) is 5.26 Å². The van der Waals surface area contributed by atoms with Crippen molar-refractivity contribution in [2.45, 2.75) is 23.6 Å². The summed E-state index contributed by atoms with van der Waals surface area (Å²) in [6.45, 7) is 2.12. The first kappa shape index (κ1) is 14.1. The van der Waals surface area contributed by atoms with Crippen LogP contribution in [-0.4, -0.2) is 12.6 Å². The summed E-state index contributed by atoms with van der Waals surface area (Å²) < 4.78 is 4.90. The molecule has 0 aliphatic carbocycles. The minimum atomic E-state index is -0.294. The standard InChI is InChI=1S/C12H12BrNO2S/c1-2-16-12(15)5-9-3-8(7-14)4-11(17)10(9)6-13/h3-4,17H,2,5-6H2,1H3. The average Bonchev–Trinajstić information content (AvgIpc) is 2.28. The summed E-state index contributed by atoms with van der Waals surface area (Å²) in [6, 6.07) is 5.44. The van der Waals surface area contributed by atoms with Crippen LogP contribution in [0.1, 0.15) is 23.6 Å². The van der Waals surface area contributed by atoms with Gasteiger partial charge < -0.3 is 4.74 Å². The lowest BCUT2D eigenvalue weighted by molar-refractivity contribution is -0.142. The Morgan fingerprint density at radius 2 is 2.29 bits per heavy atom. The molecule has 90 valence electrons. The van der Waals surface area contributed by atoms with Gasteiger partial charge in [0.25, 0.3) is 0 Å². The number of ether oxygens (including phenoxy) is 1. The van der Waals surface area contributed by atoms with E-state index < -0.39 is 0 Å². The van der Waals surface area contributed by atoms with Gasteiger partial charge in [-0.25, -0.2) is 0 Å². The van der Waals surface area contributed by atoms with Gasteiger partial charge in [0.1, 0.15) is 0 Å². The summed E-state index contributed by atoms with van der Waals surface area (Å²) in [5.74, 6) is -0.294. The number of nitrogens with zero attached hydrogens (tertiary/aromatic N) is 1. The number of benzene rings is 1. The zero-order valence-electron chi connectivity index (χ0n) is 9.36. The van der Waals surface area contributed by atoms with Gasteiger partial charge in [-0.1, -0.05) is 15.9 Å². The Labute approximate surface area is 114 Å². The molecular weight excluding hydrogens is 302 g/mol. The predicted molar refractivity (Wildman–Crippen MR) is 71.4 cm³/mol. The molecule has 0 amide bonds. The first-order chi connectivity index (χ1) is 8.12. The van der Waals surface area contributed by atoms with E-state index in [1.54, 1.807) is 19.1 Å². The molecule has 1 rings (SSSR count). The Bertz CT molecular complexity index is 468. The molecule has 0 spiro atoms. The summed E-state index contributed by atoms with van der Waals surface area (Å²) in [5, 5.41) is 9.47. The van der Waals surface area contributed by atoms with E-state index in [4.69, 9.17) is 10.00 Å². The highest BCUT2D eigenvalue weighted by molar-refractivity contribution is 9.08. The maximum Gasteiger partial charge on any atom is 0.310 e. The van der Waals surface area contributed by atoms with Crippen LogP contribution in [0.4, 0.5) is 0 Å². The molecule has 0 heterocycles. The molecule has 3 nitrogen and oxygen atoms in total. The lowest BCUT2D eigenvalue weighted by Crippen LogP contribution is -2.09. The van der Waals surface area contributed by atoms with Crippen LogP contribution in [0.15, 0.2) is 17.0 Å². The molecule has 0 radical (unpaired) electrons. The molecule has 1 aromatic rings. The van der Waals surface area contributed by atoms with Crippen molar-refractivity contribution in [2.75, 3.05) is 6.61 Å². The number of alkyl halides is 1. The molecule has 1 aromatic carbocycles. The number of nitriles is 1. The average molecular weight is 314 g/mol. The Balaban J connectivity index is 3.08. The number of hydrogen-bond donors (Lipinski definition) is 1. The molecule has 0 bridgehead atoms. The summed E-state index contributed by atoms with van der Waals surface area (Å²) in [7, 11) is 0. The van der Waals surface area contributed by atoms with Gasteiger partial charge in [0.15, 0.2) is 0 Å². The molecule has 0 fully saturated rings. The van der Waals surface area contributed by atoms with Gasteiger partial charge in [-0.2, -0.15) is 5.26 Å². The van der Waals surface area contributed by atoms with Crippen LogP contribution < -0.4 is 0 Å². The normalized spacial score (nSPS) is 9.76. The maximum atomic E-state index is 11.4. The fraction of sp³-hybridized carbons (Fsp3) is 0.333. The van der Waals surface area contributed by atoms with Gasteiger partial charge >= 0.3 is 5.97 Å². The Morgan fingerprint density at radius 3 is 2.82 bits per heavy atom. The molecule has 0 saturated heterocycles. The van der Waals surface area contributed by atoms with Crippen LogP contribution >= 0.6 is 28.6 Å². The minimum Gasteiger partial charge on any atom is -0.466 e. The SMILES string of the molecule is CCOC(=O)Cc1cc(C#N)cc(S)c1CBr. The fourth-order valence-corrected chi connectivity index (χ4v) is 2.70. The topological polar surface area (TPSA) is 50.1 Å². The van der Waals surface area contributed by atoms with Gasteiger partial charge in [-0.05, 0) is 30.2 Å². The molecular formula is C12H12BrNO2S. The Kier molecular flexibility index (Phi) is 5.52. The lowest BCUT2D eigenvalue weighted by Gasteiger charge is -2.10. The smallest absolute Gasteiger partial charge is 0.310 e. The van der Waals surface area contributed by atoms with E-state index in [1.807, 2.05) is 6.07 Å². The number of thiol groups is 1. The fourth-order valence-electron chi connectivity index (χ4n) is 1.46. The van der Waals surface area contributed by atoms with Crippen molar-refractivity contribution in [3.63, 3.8) is 0 Å². The predicted octanol–water partition coefficient (Wildman–Crippen LogP) is 2.85. The van der Waals surface area contributed by atoms with Crippen molar-refractivity contribution < 1.29 is 9.53 Å². The van der Waals surface area contributed by atoms with Crippen LogP contribution in [0.25, 0.3) is 0 Å². The first-order valence-corrected chi connectivity index (χ1v) is 6.65. The number of esters is 1. The van der Waals surface area contributed by atoms with Crippen LogP contribution in [-0.2, 0) is 21.3 Å². The van der Waals surface area contributed by atoms with Gasteiger partial charge in [0.05, 0.1) is 24.7 Å². The highest BCUT2D eigenvalue weighted by Gasteiger charge is 2.12. The third-order valence-electron chi connectivity index (χ3n) is 2.22. The second-order valence-corrected chi connectivity index (χ2v) is 4.40. The number of rotatable bonds is 4. The van der Waals surface area contributed by atoms with Gasteiger partial charge in [-0.3, -0.25) is 4.79 Å². The molecule has 0 atom stereocenters. The van der Waals surface area contributed by atoms with Crippen molar-refractivity contribution in [3.8, 4) is 6.07 Å². The van der Waals surface area contributed by atoms with Crippen LogP contribution in [0.3, 0.4) is 0 Å². The van der Waals surface area contributed by atoms with E-state index in [0.717, 1.165) is 11.1 Å². The van der Waals surface area contributed by atoms with Crippen LogP contribution in [0.2, 0.25) is 0 Å². The van der Waals surface area contributed by atoms with E-state index in [2.05, 4.69) is 28.6 Å². The summed E-state index contributed by atoms with van der Waals surface area (Å²) in [6.07, 6.45) is 0.165. The van der Waals surface area contributed by atoms with Gasteiger partial charge in [0, 0.05) is 10.2 Å². The third kappa shape index (κ3) is 3.76. The number of halogens is 1. The maximum absolute atomic E-state index is 11.4. The third-order valence-corrected chi connectivity index (χ3v) is 3.18. The summed E-state index contributed by atoms with van der Waals surface area (Å²) >= 11 is 7.66. The van der Waals surface area contributed by atoms with Crippen molar-refractivity contribution in [3.05, 3.63) is 28.8 Å². The van der Waals surface area contributed by atoms with Crippen molar-refractivity contribution >= 4 is 34.5 Å². The molecule has 0 aliphatic rings. The number of hydrogen-bond acceptors (Lipinski definition) is 4. The molecule has 0 unspecified atom stereocenters. The second kappa shape index (κ2) is 6.67. The minimum absolute atomic E-state index is 0.165. The molecule has 17 heavy (non-hydrogen) atoms. The zero-order valence-corrected chi connectivity index (χ0v) is 11.8. The highest BCUT2D eigenvalue weighted by Crippen LogP contribution is 2.24. The highest BCUT2D eigenvalue weighted by atomic mass is 79.9. The summed E-state index contributed by atoms with van der Waals surface area (Å²) in [4.78, 5) is 12.2.